The molecule has 1 aromatic rings. The summed E-state index contributed by atoms with van der Waals surface area (Å²) in [4.78, 5) is 0. The van der Waals surface area contributed by atoms with Crippen molar-refractivity contribution in [2.24, 2.45) is 0 Å². The summed E-state index contributed by atoms with van der Waals surface area (Å²) in [6.45, 7) is 3.87. The SMILES string of the molecule is C/C=C\c1ccc(O)c(C)c1. The molecule has 0 spiro atoms. The van der Waals surface area contributed by atoms with Crippen molar-refractivity contribution < 1.29 is 5.11 Å². The smallest absolute Gasteiger partial charge is 0.118 e. The minimum atomic E-state index is 0.359. The highest BCUT2D eigenvalue weighted by Gasteiger charge is 1.93. The van der Waals surface area contributed by atoms with Crippen LogP contribution in [0.15, 0.2) is 24.3 Å². The Morgan fingerprint density at radius 2 is 2.09 bits per heavy atom. The second-order valence-corrected chi connectivity index (χ2v) is 2.55. The van der Waals surface area contributed by atoms with Crippen molar-refractivity contribution in [1.29, 1.82) is 0 Å². The number of allylic oxidation sites excluding steroid dienone is 1. The van der Waals surface area contributed by atoms with Gasteiger partial charge in [0.1, 0.15) is 5.75 Å². The Hall–Kier alpha value is -1.24. The summed E-state index contributed by atoms with van der Waals surface area (Å²) in [6.07, 6.45) is 3.98. The summed E-state index contributed by atoms with van der Waals surface area (Å²) < 4.78 is 0. The predicted molar refractivity (Wildman–Crippen MR) is 47.6 cm³/mol. The molecule has 0 heterocycles. The Balaban J connectivity index is 3.05. The Kier molecular flexibility index (Phi) is 2.32. The maximum atomic E-state index is 9.19. The fourth-order valence-electron chi connectivity index (χ4n) is 0.975. The van der Waals surface area contributed by atoms with Gasteiger partial charge in [0.25, 0.3) is 0 Å². The Morgan fingerprint density at radius 3 is 2.64 bits per heavy atom. The minimum absolute atomic E-state index is 0.359. The summed E-state index contributed by atoms with van der Waals surface area (Å²) in [5, 5.41) is 9.19. The molecular weight excluding hydrogens is 136 g/mol. The molecule has 1 aromatic carbocycles. The fraction of sp³-hybridized carbons (Fsp3) is 0.200. The molecule has 0 aliphatic rings. The quantitative estimate of drug-likeness (QED) is 0.649. The third-order valence-electron chi connectivity index (χ3n) is 1.58. The van der Waals surface area contributed by atoms with Gasteiger partial charge in [-0.1, -0.05) is 18.2 Å². The summed E-state index contributed by atoms with van der Waals surface area (Å²) >= 11 is 0. The Morgan fingerprint density at radius 1 is 1.36 bits per heavy atom. The summed E-state index contributed by atoms with van der Waals surface area (Å²) in [5.41, 5.74) is 2.04. The molecular formula is C10H12O. The predicted octanol–water partition coefficient (Wildman–Crippen LogP) is 2.73. The lowest BCUT2D eigenvalue weighted by Crippen LogP contribution is -1.76. The van der Waals surface area contributed by atoms with E-state index in [0.717, 1.165) is 11.1 Å². The van der Waals surface area contributed by atoms with Gasteiger partial charge in [-0.2, -0.15) is 0 Å². The van der Waals surface area contributed by atoms with Crippen molar-refractivity contribution in [2.45, 2.75) is 13.8 Å². The van der Waals surface area contributed by atoms with Gasteiger partial charge < -0.3 is 5.11 Å². The Bertz CT molecular complexity index is 274. The lowest BCUT2D eigenvalue weighted by atomic mass is 10.1. The zero-order chi connectivity index (χ0) is 8.27. The van der Waals surface area contributed by atoms with E-state index in [1.807, 2.05) is 38.1 Å². The molecule has 1 rings (SSSR count). The van der Waals surface area contributed by atoms with Crippen molar-refractivity contribution in [3.63, 3.8) is 0 Å². The van der Waals surface area contributed by atoms with Crippen molar-refractivity contribution in [3.05, 3.63) is 35.4 Å². The molecule has 1 N–H and O–H groups in total. The molecule has 0 fully saturated rings. The molecule has 0 saturated heterocycles. The highest BCUT2D eigenvalue weighted by Crippen LogP contribution is 2.17. The third kappa shape index (κ3) is 1.84. The van der Waals surface area contributed by atoms with E-state index in [9.17, 15) is 5.11 Å². The van der Waals surface area contributed by atoms with Gasteiger partial charge in [-0.25, -0.2) is 0 Å². The molecule has 0 unspecified atom stereocenters. The topological polar surface area (TPSA) is 20.2 Å². The number of benzene rings is 1. The molecule has 0 amide bonds. The van der Waals surface area contributed by atoms with Gasteiger partial charge >= 0.3 is 0 Å². The van der Waals surface area contributed by atoms with Crippen molar-refractivity contribution in [2.75, 3.05) is 0 Å². The van der Waals surface area contributed by atoms with Crippen LogP contribution in [-0.2, 0) is 0 Å². The molecule has 0 saturated carbocycles. The first-order valence-corrected chi connectivity index (χ1v) is 3.66. The lowest BCUT2D eigenvalue weighted by molar-refractivity contribution is 0.471. The van der Waals surface area contributed by atoms with Gasteiger partial charge in [0.15, 0.2) is 0 Å². The number of aryl methyl sites for hydroxylation is 1. The molecule has 1 nitrogen and oxygen atoms in total. The zero-order valence-corrected chi connectivity index (χ0v) is 6.83. The number of aromatic hydroxyl groups is 1. The average molecular weight is 148 g/mol. The first kappa shape index (κ1) is 7.86. The largest absolute Gasteiger partial charge is 0.508 e. The van der Waals surface area contributed by atoms with E-state index in [1.54, 1.807) is 6.07 Å². The van der Waals surface area contributed by atoms with Gasteiger partial charge in [0.05, 0.1) is 0 Å². The zero-order valence-electron chi connectivity index (χ0n) is 6.83. The number of rotatable bonds is 1. The van der Waals surface area contributed by atoms with E-state index in [2.05, 4.69) is 0 Å². The van der Waals surface area contributed by atoms with E-state index in [1.165, 1.54) is 0 Å². The van der Waals surface area contributed by atoms with E-state index in [4.69, 9.17) is 0 Å². The molecule has 0 radical (unpaired) electrons. The molecule has 0 aliphatic heterocycles. The van der Waals surface area contributed by atoms with Crippen LogP contribution in [0.4, 0.5) is 0 Å². The minimum Gasteiger partial charge on any atom is -0.508 e. The highest BCUT2D eigenvalue weighted by atomic mass is 16.3. The van der Waals surface area contributed by atoms with Crippen LogP contribution in [-0.4, -0.2) is 5.11 Å². The van der Waals surface area contributed by atoms with Crippen LogP contribution < -0.4 is 0 Å². The van der Waals surface area contributed by atoms with Crippen molar-refractivity contribution in [1.82, 2.24) is 0 Å². The molecule has 58 valence electrons. The molecule has 0 aliphatic carbocycles. The average Bonchev–Trinajstić information content (AvgIpc) is 1.98. The first-order valence-electron chi connectivity index (χ1n) is 3.66. The van der Waals surface area contributed by atoms with Crippen LogP contribution in [0.5, 0.6) is 5.75 Å². The van der Waals surface area contributed by atoms with Crippen LogP contribution in [0.2, 0.25) is 0 Å². The molecule has 0 aromatic heterocycles. The van der Waals surface area contributed by atoms with Crippen LogP contribution >= 0.6 is 0 Å². The standard InChI is InChI=1S/C10H12O/c1-3-4-9-5-6-10(11)8(2)7-9/h3-7,11H,1-2H3/b4-3-. The van der Waals surface area contributed by atoms with E-state index in [0.29, 0.717) is 5.75 Å². The highest BCUT2D eigenvalue weighted by molar-refractivity contribution is 5.52. The molecule has 0 atom stereocenters. The molecule has 0 bridgehead atoms. The van der Waals surface area contributed by atoms with Gasteiger partial charge in [-0.3, -0.25) is 0 Å². The normalized spacial score (nSPS) is 10.7. The maximum Gasteiger partial charge on any atom is 0.118 e. The van der Waals surface area contributed by atoms with Crippen LogP contribution in [0.25, 0.3) is 6.08 Å². The monoisotopic (exact) mass is 148 g/mol. The van der Waals surface area contributed by atoms with Crippen LogP contribution in [0, 0.1) is 6.92 Å². The number of phenolic OH excluding ortho intramolecular Hbond substituents is 1. The van der Waals surface area contributed by atoms with Crippen molar-refractivity contribution in [3.8, 4) is 5.75 Å². The van der Waals surface area contributed by atoms with Crippen LogP contribution in [0.1, 0.15) is 18.1 Å². The lowest BCUT2D eigenvalue weighted by Gasteiger charge is -1.98. The molecule has 1 heteroatoms. The maximum absolute atomic E-state index is 9.19. The van der Waals surface area contributed by atoms with Crippen molar-refractivity contribution >= 4 is 6.08 Å². The first-order chi connectivity index (χ1) is 5.24. The number of hydrogen-bond donors (Lipinski definition) is 1. The summed E-state index contributed by atoms with van der Waals surface area (Å²) in [7, 11) is 0. The number of phenols is 1. The Labute approximate surface area is 67.0 Å². The van der Waals surface area contributed by atoms with E-state index >= 15 is 0 Å². The van der Waals surface area contributed by atoms with Gasteiger partial charge in [-0.15, -0.1) is 0 Å². The van der Waals surface area contributed by atoms with Gasteiger partial charge in [0.2, 0.25) is 0 Å². The van der Waals surface area contributed by atoms with Gasteiger partial charge in [-0.05, 0) is 37.1 Å². The van der Waals surface area contributed by atoms with Gasteiger partial charge in [0, 0.05) is 0 Å². The second kappa shape index (κ2) is 3.24. The van der Waals surface area contributed by atoms with E-state index < -0.39 is 0 Å². The van der Waals surface area contributed by atoms with Crippen LogP contribution in [0.3, 0.4) is 0 Å². The van der Waals surface area contributed by atoms with E-state index in [-0.39, 0.29) is 0 Å². The fourth-order valence-corrected chi connectivity index (χ4v) is 0.975. The molecule has 11 heavy (non-hydrogen) atoms. The summed E-state index contributed by atoms with van der Waals surface area (Å²) in [5.74, 6) is 0.359. The summed E-state index contributed by atoms with van der Waals surface area (Å²) in [6, 6.07) is 5.56. The number of hydrogen-bond acceptors (Lipinski definition) is 1. The second-order valence-electron chi connectivity index (χ2n) is 2.55. The third-order valence-corrected chi connectivity index (χ3v) is 1.58.